The molecular weight excluding hydrogens is 436 g/mol. The second-order valence-electron chi connectivity index (χ2n) is 9.05. The van der Waals surface area contributed by atoms with Crippen molar-refractivity contribution in [3.63, 3.8) is 0 Å². The summed E-state index contributed by atoms with van der Waals surface area (Å²) in [6, 6.07) is 2.59. The number of likely N-dealkylation sites (N-methyl/N-ethyl adjacent to an activating group) is 1. The largest absolute Gasteiger partial charge is 0.507 e. The van der Waals surface area contributed by atoms with Crippen LogP contribution in [0.1, 0.15) is 28.3 Å². The zero-order chi connectivity index (χ0) is 24.6. The Morgan fingerprint density at radius 3 is 2.30 bits per heavy atom. The van der Waals surface area contributed by atoms with Crippen molar-refractivity contribution >= 4 is 35.0 Å². The monoisotopic (exact) mass is 458 g/mol. The van der Waals surface area contributed by atoms with E-state index in [-0.39, 0.29) is 17.5 Å². The number of aromatic hydroxyl groups is 1. The van der Waals surface area contributed by atoms with E-state index in [4.69, 9.17) is 5.73 Å². The normalized spacial score (nSPS) is 35.6. The van der Waals surface area contributed by atoms with Crippen LogP contribution in [0.15, 0.2) is 18.2 Å². The number of carbonyl (C=O) groups excluding carboxylic acids is 5. The summed E-state index contributed by atoms with van der Waals surface area (Å²) in [6.45, 7) is 0. The van der Waals surface area contributed by atoms with Crippen LogP contribution in [-0.4, -0.2) is 81.0 Å². The molecule has 0 aliphatic heterocycles. The zero-order valence-corrected chi connectivity index (χ0v) is 17.7. The van der Waals surface area contributed by atoms with Crippen molar-refractivity contribution in [2.45, 2.75) is 24.0 Å². The van der Waals surface area contributed by atoms with E-state index in [1.807, 2.05) is 0 Å². The van der Waals surface area contributed by atoms with Gasteiger partial charge in [-0.15, -0.1) is 0 Å². The Bertz CT molecular complexity index is 1140. The Labute approximate surface area is 187 Å². The average Bonchev–Trinajstić information content (AvgIpc) is 2.70. The van der Waals surface area contributed by atoms with Gasteiger partial charge in [0.05, 0.1) is 23.4 Å². The van der Waals surface area contributed by atoms with Crippen LogP contribution in [0.3, 0.4) is 0 Å². The van der Waals surface area contributed by atoms with Crippen LogP contribution >= 0.6 is 0 Å². The number of nitrogens with zero attached hydrogens (tertiary/aromatic N) is 1. The van der Waals surface area contributed by atoms with E-state index >= 15 is 0 Å². The molecule has 0 bridgehead atoms. The second kappa shape index (κ2) is 7.29. The second-order valence-corrected chi connectivity index (χ2v) is 9.05. The molecule has 2 saturated carbocycles. The third kappa shape index (κ3) is 2.82. The number of ketones is 4. The maximum atomic E-state index is 13.6. The summed E-state index contributed by atoms with van der Waals surface area (Å²) in [5.41, 5.74) is 1.99. The zero-order valence-electron chi connectivity index (χ0n) is 17.7. The van der Waals surface area contributed by atoms with Gasteiger partial charge in [0.25, 0.3) is 0 Å². The highest BCUT2D eigenvalue weighted by molar-refractivity contribution is 6.32. The predicted octanol–water partition coefficient (Wildman–Crippen LogP) is -1.51. The van der Waals surface area contributed by atoms with Crippen molar-refractivity contribution < 1.29 is 44.1 Å². The highest BCUT2D eigenvalue weighted by atomic mass is 16.4. The molecule has 4 rings (SSSR count). The van der Waals surface area contributed by atoms with Crippen LogP contribution in [0, 0.1) is 23.7 Å². The lowest BCUT2D eigenvalue weighted by Gasteiger charge is -2.53. The molecule has 0 saturated heterocycles. The summed E-state index contributed by atoms with van der Waals surface area (Å²) < 4.78 is 0. The number of phenols is 1. The first-order valence-electron chi connectivity index (χ1n) is 10.2. The molecule has 5 N–H and O–H groups in total. The quantitative estimate of drug-likeness (QED) is 0.387. The molecule has 0 radical (unpaired) electrons. The first-order valence-corrected chi connectivity index (χ1v) is 10.2. The number of hydrogen-bond donors (Lipinski definition) is 4. The molecule has 3 aliphatic rings. The number of phenolic OH excluding ortho intramolecular Hbond substituents is 1. The van der Waals surface area contributed by atoms with E-state index in [2.05, 4.69) is 0 Å². The number of fused-ring (bicyclic) bond motifs is 3. The van der Waals surface area contributed by atoms with E-state index < -0.39 is 82.0 Å². The Morgan fingerprint density at radius 1 is 1.12 bits per heavy atom. The molecule has 1 amide bonds. The van der Waals surface area contributed by atoms with E-state index in [1.165, 1.54) is 31.1 Å². The highest BCUT2D eigenvalue weighted by Crippen LogP contribution is 2.54. The average molecular weight is 458 g/mol. The summed E-state index contributed by atoms with van der Waals surface area (Å²) in [5, 5.41) is 31.7. The van der Waals surface area contributed by atoms with Crippen molar-refractivity contribution in [3.05, 3.63) is 29.3 Å². The number of carboxylic acids is 1. The van der Waals surface area contributed by atoms with E-state index in [0.29, 0.717) is 0 Å². The van der Waals surface area contributed by atoms with Crippen molar-refractivity contribution in [2.75, 3.05) is 14.1 Å². The van der Waals surface area contributed by atoms with Gasteiger partial charge in [-0.05, 0) is 38.1 Å². The Balaban J connectivity index is 1.96. The van der Waals surface area contributed by atoms with Gasteiger partial charge in [0.2, 0.25) is 5.91 Å². The van der Waals surface area contributed by atoms with Gasteiger partial charge < -0.3 is 21.1 Å². The number of Topliss-reactive ketones (excluding diaryl/α,β-unsaturated/α-hetero) is 4. The van der Waals surface area contributed by atoms with Crippen molar-refractivity contribution in [2.24, 2.45) is 29.4 Å². The van der Waals surface area contributed by atoms with Gasteiger partial charge in [-0.1, -0.05) is 12.1 Å². The lowest BCUT2D eigenvalue weighted by Crippen LogP contribution is -2.74. The van der Waals surface area contributed by atoms with Crippen molar-refractivity contribution in [1.82, 2.24) is 4.90 Å². The third-order valence-electron chi connectivity index (χ3n) is 7.22. The molecule has 11 nitrogen and oxygen atoms in total. The smallest absolute Gasteiger partial charge is 0.311 e. The Morgan fingerprint density at radius 2 is 1.76 bits per heavy atom. The number of aliphatic hydroxyl groups is 1. The standard InChI is InChI=1S/C22H22N2O9/c1-24(2)15-9-6-8-11(21(31)32)7-4-3-5-10(25)12(7)16(26)13(8)18(28)22(9,33)19(29)14(17(15)27)20(23)30/h3-5,8-9,11,13-15,25,33H,6H2,1-2H3,(H2,23,30)(H,31,32)/t8-,9+,11+,13?,14?,15+,22+/m1/s1. The van der Waals surface area contributed by atoms with E-state index in [1.54, 1.807) is 0 Å². The minimum absolute atomic E-state index is 0.0110. The molecule has 1 aromatic rings. The van der Waals surface area contributed by atoms with Crippen molar-refractivity contribution in [3.8, 4) is 5.75 Å². The molecule has 174 valence electrons. The summed E-state index contributed by atoms with van der Waals surface area (Å²) in [4.78, 5) is 78.6. The minimum Gasteiger partial charge on any atom is -0.507 e. The van der Waals surface area contributed by atoms with Gasteiger partial charge in [-0.3, -0.25) is 33.7 Å². The summed E-state index contributed by atoms with van der Waals surface area (Å²) in [5.74, 6) is -15.6. The summed E-state index contributed by atoms with van der Waals surface area (Å²) in [6.07, 6.45) is -0.337. The summed E-state index contributed by atoms with van der Waals surface area (Å²) >= 11 is 0. The number of primary amides is 1. The molecular formula is C22H22N2O9. The van der Waals surface area contributed by atoms with Crippen LogP contribution in [0.5, 0.6) is 5.75 Å². The molecule has 33 heavy (non-hydrogen) atoms. The number of aliphatic carboxylic acids is 1. The summed E-state index contributed by atoms with van der Waals surface area (Å²) in [7, 11) is 2.89. The molecule has 11 heteroatoms. The van der Waals surface area contributed by atoms with Crippen LogP contribution in [0.25, 0.3) is 0 Å². The molecule has 7 atom stereocenters. The number of amides is 1. The topological polar surface area (TPSA) is 192 Å². The number of carboxylic acid groups (broad SMARTS) is 1. The number of nitrogens with two attached hydrogens (primary N) is 1. The number of hydrogen-bond acceptors (Lipinski definition) is 9. The molecule has 1 aromatic carbocycles. The van der Waals surface area contributed by atoms with Gasteiger partial charge >= 0.3 is 5.97 Å². The SMILES string of the molecule is CN(C)[C@@H]1C(=O)C(C(N)=O)C(=O)[C@@]2(O)C(=O)C3C(=O)c4c(O)cccc4[C@H](C(=O)O)[C@H]3C[C@@H]12. The van der Waals surface area contributed by atoms with Gasteiger partial charge in [0.1, 0.15) is 5.75 Å². The lowest BCUT2D eigenvalue weighted by molar-refractivity contribution is -0.182. The van der Waals surface area contributed by atoms with Crippen molar-refractivity contribution in [1.29, 1.82) is 0 Å². The molecule has 0 spiro atoms. The first kappa shape index (κ1) is 22.7. The van der Waals surface area contributed by atoms with Crippen LogP contribution in [0.2, 0.25) is 0 Å². The van der Waals surface area contributed by atoms with E-state index in [9.17, 15) is 44.1 Å². The maximum Gasteiger partial charge on any atom is 0.311 e. The van der Waals surface area contributed by atoms with Gasteiger partial charge in [0, 0.05) is 5.92 Å². The highest BCUT2D eigenvalue weighted by Gasteiger charge is 2.70. The molecule has 0 aromatic heterocycles. The van der Waals surface area contributed by atoms with Crippen LogP contribution in [-0.2, 0) is 24.0 Å². The number of benzene rings is 1. The predicted molar refractivity (Wildman–Crippen MR) is 108 cm³/mol. The third-order valence-corrected chi connectivity index (χ3v) is 7.22. The van der Waals surface area contributed by atoms with Gasteiger partial charge in [-0.2, -0.15) is 0 Å². The fourth-order valence-electron chi connectivity index (χ4n) is 5.91. The Kier molecular flexibility index (Phi) is 5.02. The van der Waals surface area contributed by atoms with Gasteiger partial charge in [0.15, 0.2) is 34.7 Å². The lowest BCUT2D eigenvalue weighted by atomic mass is 9.50. The molecule has 0 heterocycles. The first-order chi connectivity index (χ1) is 15.3. The molecule has 2 fully saturated rings. The Hall–Kier alpha value is -3.44. The fourth-order valence-corrected chi connectivity index (χ4v) is 5.91. The van der Waals surface area contributed by atoms with Gasteiger partial charge in [-0.25, -0.2) is 0 Å². The van der Waals surface area contributed by atoms with Crippen LogP contribution in [0.4, 0.5) is 0 Å². The fraction of sp³-hybridized carbons (Fsp3) is 0.455. The number of rotatable bonds is 3. The van der Waals surface area contributed by atoms with Crippen LogP contribution < -0.4 is 5.73 Å². The molecule has 2 unspecified atom stereocenters. The molecule has 3 aliphatic carbocycles. The maximum absolute atomic E-state index is 13.6. The van der Waals surface area contributed by atoms with E-state index in [0.717, 1.165) is 6.07 Å². The minimum atomic E-state index is -2.90. The number of carbonyl (C=O) groups is 6.